The summed E-state index contributed by atoms with van der Waals surface area (Å²) in [4.78, 5) is 16.9. The third kappa shape index (κ3) is 3.84. The van der Waals surface area contributed by atoms with Gasteiger partial charge in [-0.2, -0.15) is 0 Å². The van der Waals surface area contributed by atoms with Crippen molar-refractivity contribution in [3.63, 3.8) is 0 Å². The molecule has 90 valence electrons. The Hall–Kier alpha value is -1.95. The van der Waals surface area contributed by atoms with Crippen LogP contribution in [0.1, 0.15) is 28.6 Å². The number of hydrogen-bond donors (Lipinski definition) is 2. The van der Waals surface area contributed by atoms with Gasteiger partial charge in [-0.3, -0.25) is 9.78 Å². The van der Waals surface area contributed by atoms with Gasteiger partial charge in [0.05, 0.1) is 11.8 Å². The first-order valence-corrected chi connectivity index (χ1v) is 4.97. The number of aldehydes is 1. The summed E-state index contributed by atoms with van der Waals surface area (Å²) in [5, 5.41) is 22.6. The third-order valence-corrected chi connectivity index (χ3v) is 2.20. The van der Waals surface area contributed by atoms with Gasteiger partial charge in [0.15, 0.2) is 0 Å². The lowest BCUT2D eigenvalue weighted by Crippen LogP contribution is -2.20. The Kier molecular flexibility index (Phi) is 5.09. The smallest absolute Gasteiger partial charge is 0.150 e. The van der Waals surface area contributed by atoms with Crippen LogP contribution in [0.2, 0.25) is 0 Å². The molecule has 1 aromatic rings. The van der Waals surface area contributed by atoms with Gasteiger partial charge in [-0.15, -0.1) is 0 Å². The standard InChI is InChI=1S/C10H12N4O3/c11-14-13-4-2-9(16)10(17)8-5-7(6-15)1-3-12-8/h1,3,5-6,9-10,16-17H,2,4H2. The predicted octanol–water partition coefficient (Wildman–Crippen LogP) is 0.989. The number of hydrogen-bond acceptors (Lipinski definition) is 5. The quantitative estimate of drug-likeness (QED) is 0.331. The fourth-order valence-electron chi connectivity index (χ4n) is 1.29. The highest BCUT2D eigenvalue weighted by Gasteiger charge is 2.19. The number of nitrogens with zero attached hydrogens (tertiary/aromatic N) is 4. The van der Waals surface area contributed by atoms with Gasteiger partial charge < -0.3 is 10.2 Å². The number of aliphatic hydroxyl groups is 2. The first kappa shape index (κ1) is 13.1. The van der Waals surface area contributed by atoms with Crippen molar-refractivity contribution in [3.05, 3.63) is 40.0 Å². The summed E-state index contributed by atoms with van der Waals surface area (Å²) in [7, 11) is 0. The lowest BCUT2D eigenvalue weighted by Gasteiger charge is -2.16. The van der Waals surface area contributed by atoms with E-state index in [2.05, 4.69) is 15.0 Å². The van der Waals surface area contributed by atoms with Crippen molar-refractivity contribution in [2.24, 2.45) is 5.11 Å². The highest BCUT2D eigenvalue weighted by molar-refractivity contribution is 5.74. The molecule has 2 unspecified atom stereocenters. The van der Waals surface area contributed by atoms with E-state index >= 15 is 0 Å². The number of rotatable bonds is 6. The van der Waals surface area contributed by atoms with Crippen LogP contribution >= 0.6 is 0 Å². The van der Waals surface area contributed by atoms with E-state index in [1.165, 1.54) is 18.3 Å². The van der Waals surface area contributed by atoms with Crippen molar-refractivity contribution < 1.29 is 15.0 Å². The summed E-state index contributed by atoms with van der Waals surface area (Å²) in [6, 6.07) is 2.89. The van der Waals surface area contributed by atoms with Crippen LogP contribution in [0.25, 0.3) is 10.4 Å². The largest absolute Gasteiger partial charge is 0.390 e. The highest BCUT2D eigenvalue weighted by atomic mass is 16.3. The molecule has 0 aromatic carbocycles. The van der Waals surface area contributed by atoms with Crippen molar-refractivity contribution in [2.75, 3.05) is 6.54 Å². The molecule has 17 heavy (non-hydrogen) atoms. The van der Waals surface area contributed by atoms with Gasteiger partial charge >= 0.3 is 0 Å². The van der Waals surface area contributed by atoms with E-state index in [0.717, 1.165) is 0 Å². The van der Waals surface area contributed by atoms with E-state index in [0.29, 0.717) is 11.8 Å². The SMILES string of the molecule is [N-]=[N+]=NCCC(O)C(O)c1cc(C=O)ccn1. The lowest BCUT2D eigenvalue weighted by atomic mass is 10.1. The second kappa shape index (κ2) is 6.59. The Labute approximate surface area is 97.4 Å². The number of pyridine rings is 1. The average molecular weight is 236 g/mol. The second-order valence-corrected chi connectivity index (χ2v) is 3.39. The van der Waals surface area contributed by atoms with Crippen LogP contribution in [-0.4, -0.2) is 34.1 Å². The number of carbonyl (C=O) groups is 1. The van der Waals surface area contributed by atoms with E-state index in [-0.39, 0.29) is 18.7 Å². The van der Waals surface area contributed by atoms with Crippen LogP contribution in [0.15, 0.2) is 23.4 Å². The van der Waals surface area contributed by atoms with Gasteiger partial charge in [0.1, 0.15) is 12.4 Å². The topological polar surface area (TPSA) is 119 Å². The van der Waals surface area contributed by atoms with E-state index in [1.807, 2.05) is 0 Å². The summed E-state index contributed by atoms with van der Waals surface area (Å²) in [5.41, 5.74) is 8.65. The van der Waals surface area contributed by atoms with Crippen LogP contribution in [0.4, 0.5) is 0 Å². The van der Waals surface area contributed by atoms with Crippen molar-refractivity contribution in [1.29, 1.82) is 0 Å². The van der Waals surface area contributed by atoms with Gasteiger partial charge in [0.25, 0.3) is 0 Å². The first-order chi connectivity index (χ1) is 8.19. The molecular formula is C10H12N4O3. The van der Waals surface area contributed by atoms with Gasteiger partial charge in [-0.05, 0) is 24.1 Å². The minimum atomic E-state index is -1.20. The minimum absolute atomic E-state index is 0.0854. The Balaban J connectivity index is 2.69. The summed E-state index contributed by atoms with van der Waals surface area (Å²) in [6.07, 6.45) is -0.163. The van der Waals surface area contributed by atoms with E-state index in [1.54, 1.807) is 0 Å². The fraction of sp³-hybridized carbons (Fsp3) is 0.400. The normalized spacial score (nSPS) is 13.5. The Morgan fingerprint density at radius 2 is 2.35 bits per heavy atom. The molecule has 0 fully saturated rings. The third-order valence-electron chi connectivity index (χ3n) is 2.20. The molecule has 7 heteroatoms. The van der Waals surface area contributed by atoms with Crippen LogP contribution in [0, 0.1) is 0 Å². The molecule has 1 heterocycles. The molecule has 0 aliphatic carbocycles. The number of aliphatic hydroxyl groups excluding tert-OH is 2. The monoisotopic (exact) mass is 236 g/mol. The molecule has 1 rings (SSSR count). The number of azide groups is 1. The zero-order valence-electron chi connectivity index (χ0n) is 8.97. The minimum Gasteiger partial charge on any atom is -0.390 e. The van der Waals surface area contributed by atoms with Crippen LogP contribution in [0.3, 0.4) is 0 Å². The van der Waals surface area contributed by atoms with Crippen molar-refractivity contribution in [1.82, 2.24) is 4.98 Å². The van der Waals surface area contributed by atoms with Crippen LogP contribution in [0.5, 0.6) is 0 Å². The van der Waals surface area contributed by atoms with Gasteiger partial charge in [0.2, 0.25) is 0 Å². The Morgan fingerprint density at radius 1 is 1.59 bits per heavy atom. The van der Waals surface area contributed by atoms with Gasteiger partial charge in [-0.25, -0.2) is 0 Å². The average Bonchev–Trinajstić information content (AvgIpc) is 2.38. The maximum absolute atomic E-state index is 10.5. The van der Waals surface area contributed by atoms with Crippen molar-refractivity contribution >= 4 is 6.29 Å². The van der Waals surface area contributed by atoms with Crippen molar-refractivity contribution in [2.45, 2.75) is 18.6 Å². The van der Waals surface area contributed by atoms with E-state index < -0.39 is 12.2 Å². The summed E-state index contributed by atoms with van der Waals surface area (Å²) in [5.74, 6) is 0. The van der Waals surface area contributed by atoms with E-state index in [9.17, 15) is 15.0 Å². The molecule has 2 N–H and O–H groups in total. The summed E-state index contributed by atoms with van der Waals surface area (Å²) >= 11 is 0. The van der Waals surface area contributed by atoms with Crippen LogP contribution < -0.4 is 0 Å². The molecule has 0 bridgehead atoms. The van der Waals surface area contributed by atoms with E-state index in [4.69, 9.17) is 5.53 Å². The zero-order valence-corrected chi connectivity index (χ0v) is 8.97. The summed E-state index contributed by atoms with van der Waals surface area (Å²) in [6.45, 7) is 0.0854. The first-order valence-electron chi connectivity index (χ1n) is 4.97. The molecule has 1 aromatic heterocycles. The molecular weight excluding hydrogens is 224 g/mol. The lowest BCUT2D eigenvalue weighted by molar-refractivity contribution is 0.0125. The molecule has 0 aliphatic rings. The Bertz CT molecular complexity index is 431. The molecule has 0 saturated heterocycles. The zero-order chi connectivity index (χ0) is 12.7. The Morgan fingerprint density at radius 3 is 3.00 bits per heavy atom. The predicted molar refractivity (Wildman–Crippen MR) is 59.2 cm³/mol. The number of aromatic nitrogens is 1. The highest BCUT2D eigenvalue weighted by Crippen LogP contribution is 2.17. The number of carbonyl (C=O) groups excluding carboxylic acids is 1. The maximum atomic E-state index is 10.5. The molecule has 0 spiro atoms. The maximum Gasteiger partial charge on any atom is 0.150 e. The fourth-order valence-corrected chi connectivity index (χ4v) is 1.29. The molecule has 0 saturated carbocycles. The molecule has 7 nitrogen and oxygen atoms in total. The van der Waals surface area contributed by atoms with Gasteiger partial charge in [0, 0.05) is 23.2 Å². The molecule has 0 amide bonds. The summed E-state index contributed by atoms with van der Waals surface area (Å²) < 4.78 is 0. The second-order valence-electron chi connectivity index (χ2n) is 3.39. The molecule has 2 atom stereocenters. The van der Waals surface area contributed by atoms with Crippen LogP contribution in [-0.2, 0) is 0 Å². The van der Waals surface area contributed by atoms with Crippen molar-refractivity contribution in [3.8, 4) is 0 Å². The molecule has 0 aliphatic heterocycles. The van der Waals surface area contributed by atoms with Gasteiger partial charge in [-0.1, -0.05) is 5.11 Å². The molecule has 0 radical (unpaired) electrons.